The SMILES string of the molecule is Cc1cncc(N(O)C(=O)c2ccc3c(c2)CC[C@]2(CCNC2=O)C3)c1. The lowest BCUT2D eigenvalue weighted by Crippen LogP contribution is -2.36. The molecule has 2 heterocycles. The van der Waals surface area contributed by atoms with Gasteiger partial charge in [-0.2, -0.15) is 5.06 Å². The highest BCUT2D eigenvalue weighted by atomic mass is 16.5. The molecule has 1 aromatic heterocycles. The highest BCUT2D eigenvalue weighted by Crippen LogP contribution is 2.41. The fourth-order valence-electron chi connectivity index (χ4n) is 4.01. The fraction of sp³-hybridized carbons (Fsp3) is 0.350. The number of aromatic nitrogens is 1. The van der Waals surface area contributed by atoms with Crippen LogP contribution in [0.1, 0.15) is 39.9 Å². The first-order valence-corrected chi connectivity index (χ1v) is 8.84. The summed E-state index contributed by atoms with van der Waals surface area (Å²) in [6.07, 6.45) is 6.26. The number of pyridine rings is 1. The van der Waals surface area contributed by atoms with E-state index in [2.05, 4.69) is 10.3 Å². The summed E-state index contributed by atoms with van der Waals surface area (Å²) in [6, 6.07) is 7.17. The molecule has 1 saturated heterocycles. The second-order valence-electron chi connectivity index (χ2n) is 7.28. The maximum absolute atomic E-state index is 12.6. The Bertz CT molecular complexity index is 896. The van der Waals surface area contributed by atoms with Gasteiger partial charge in [-0.25, -0.2) is 0 Å². The first-order valence-electron chi connectivity index (χ1n) is 8.84. The molecule has 1 aliphatic carbocycles. The van der Waals surface area contributed by atoms with Crippen molar-refractivity contribution >= 4 is 17.5 Å². The zero-order valence-corrected chi connectivity index (χ0v) is 14.7. The number of nitrogens with one attached hydrogen (secondary N) is 1. The molecule has 0 radical (unpaired) electrons. The Morgan fingerprint density at radius 2 is 2.08 bits per heavy atom. The number of amides is 2. The van der Waals surface area contributed by atoms with Crippen molar-refractivity contribution in [3.8, 4) is 0 Å². The van der Waals surface area contributed by atoms with Crippen molar-refractivity contribution in [2.45, 2.75) is 32.6 Å². The molecule has 1 spiro atoms. The molecule has 1 aromatic carbocycles. The molecule has 1 atom stereocenters. The van der Waals surface area contributed by atoms with Crippen LogP contribution in [-0.2, 0) is 17.6 Å². The topological polar surface area (TPSA) is 82.5 Å². The Hall–Kier alpha value is -2.73. The van der Waals surface area contributed by atoms with Crippen LogP contribution in [0.4, 0.5) is 5.69 Å². The first-order chi connectivity index (χ1) is 12.5. The van der Waals surface area contributed by atoms with Crippen LogP contribution in [0.25, 0.3) is 0 Å². The minimum Gasteiger partial charge on any atom is -0.356 e. The van der Waals surface area contributed by atoms with E-state index in [9.17, 15) is 14.8 Å². The van der Waals surface area contributed by atoms with Crippen LogP contribution < -0.4 is 10.4 Å². The molecule has 6 nitrogen and oxygen atoms in total. The van der Waals surface area contributed by atoms with Crippen LogP contribution in [0.2, 0.25) is 0 Å². The standard InChI is InChI=1S/C20H21N3O3/c1-13-8-17(12-21-11-13)23(26)18(24)15-2-3-16-10-20(5-4-14(16)9-15)6-7-22-19(20)25/h2-3,8-9,11-12,26H,4-7,10H2,1H3,(H,22,25)/t20-/m0/s1. The summed E-state index contributed by atoms with van der Waals surface area (Å²) in [6.45, 7) is 2.59. The molecule has 134 valence electrons. The van der Waals surface area contributed by atoms with Crippen molar-refractivity contribution in [3.05, 3.63) is 58.9 Å². The maximum atomic E-state index is 12.6. The van der Waals surface area contributed by atoms with Crippen LogP contribution in [0, 0.1) is 12.3 Å². The van der Waals surface area contributed by atoms with E-state index in [4.69, 9.17) is 0 Å². The molecular weight excluding hydrogens is 330 g/mol. The summed E-state index contributed by atoms with van der Waals surface area (Å²) in [5, 5.41) is 13.8. The summed E-state index contributed by atoms with van der Waals surface area (Å²) in [7, 11) is 0. The fourth-order valence-corrected chi connectivity index (χ4v) is 4.01. The second kappa shape index (κ2) is 6.21. The summed E-state index contributed by atoms with van der Waals surface area (Å²) >= 11 is 0. The van der Waals surface area contributed by atoms with Crippen LogP contribution in [0.15, 0.2) is 36.7 Å². The van der Waals surface area contributed by atoms with E-state index in [1.54, 1.807) is 18.3 Å². The summed E-state index contributed by atoms with van der Waals surface area (Å²) in [4.78, 5) is 28.8. The number of carbonyl (C=O) groups excluding carboxylic acids is 2. The number of hydrogen-bond donors (Lipinski definition) is 2. The van der Waals surface area contributed by atoms with E-state index < -0.39 is 5.91 Å². The number of nitrogens with zero attached hydrogens (tertiary/aromatic N) is 2. The number of benzene rings is 1. The molecule has 2 N–H and O–H groups in total. The molecule has 2 aromatic rings. The summed E-state index contributed by atoms with van der Waals surface area (Å²) in [5.74, 6) is -0.337. The van der Waals surface area contributed by atoms with E-state index >= 15 is 0 Å². The Labute approximate surface area is 151 Å². The summed E-state index contributed by atoms with van der Waals surface area (Å²) in [5.41, 5.74) is 3.55. The van der Waals surface area contributed by atoms with Gasteiger partial charge in [0.2, 0.25) is 5.91 Å². The Morgan fingerprint density at radius 3 is 2.81 bits per heavy atom. The highest BCUT2D eigenvalue weighted by molar-refractivity contribution is 6.04. The van der Waals surface area contributed by atoms with E-state index in [1.165, 1.54) is 6.20 Å². The zero-order valence-electron chi connectivity index (χ0n) is 14.7. The minimum absolute atomic E-state index is 0.150. The predicted octanol–water partition coefficient (Wildman–Crippen LogP) is 2.42. The molecule has 1 aliphatic heterocycles. The number of rotatable bonds is 2. The van der Waals surface area contributed by atoms with Gasteiger partial charge in [0.05, 0.1) is 17.3 Å². The second-order valence-corrected chi connectivity index (χ2v) is 7.28. The lowest BCUT2D eigenvalue weighted by atomic mass is 9.70. The zero-order chi connectivity index (χ0) is 18.3. The monoisotopic (exact) mass is 351 g/mol. The third-order valence-electron chi connectivity index (χ3n) is 5.52. The van der Waals surface area contributed by atoms with Crippen molar-refractivity contribution in [3.63, 3.8) is 0 Å². The molecule has 1 fully saturated rings. The van der Waals surface area contributed by atoms with Crippen LogP contribution >= 0.6 is 0 Å². The summed E-state index contributed by atoms with van der Waals surface area (Å²) < 4.78 is 0. The molecule has 0 bridgehead atoms. The van der Waals surface area contributed by atoms with Gasteiger partial charge in [0, 0.05) is 18.3 Å². The normalized spacial score (nSPS) is 21.4. The van der Waals surface area contributed by atoms with Gasteiger partial charge in [0.25, 0.3) is 5.91 Å². The van der Waals surface area contributed by atoms with Gasteiger partial charge in [-0.15, -0.1) is 0 Å². The average Bonchev–Trinajstić information content (AvgIpc) is 3.00. The maximum Gasteiger partial charge on any atom is 0.282 e. The lowest BCUT2D eigenvalue weighted by molar-refractivity contribution is -0.128. The van der Waals surface area contributed by atoms with Crippen LogP contribution in [0.5, 0.6) is 0 Å². The molecule has 6 heteroatoms. The van der Waals surface area contributed by atoms with Crippen LogP contribution in [-0.4, -0.2) is 28.6 Å². The van der Waals surface area contributed by atoms with Gasteiger partial charge in [-0.3, -0.25) is 19.8 Å². The smallest absolute Gasteiger partial charge is 0.282 e. The van der Waals surface area contributed by atoms with Gasteiger partial charge in [0.15, 0.2) is 0 Å². The van der Waals surface area contributed by atoms with Gasteiger partial charge in [-0.1, -0.05) is 6.07 Å². The van der Waals surface area contributed by atoms with E-state index in [0.717, 1.165) is 42.5 Å². The van der Waals surface area contributed by atoms with Crippen molar-refractivity contribution in [1.82, 2.24) is 10.3 Å². The molecular formula is C20H21N3O3. The van der Waals surface area contributed by atoms with Crippen molar-refractivity contribution < 1.29 is 14.8 Å². The largest absolute Gasteiger partial charge is 0.356 e. The number of anilines is 1. The minimum atomic E-state index is -0.487. The number of fused-ring (bicyclic) bond motifs is 1. The molecule has 2 aliphatic rings. The predicted molar refractivity (Wildman–Crippen MR) is 96.1 cm³/mol. The van der Waals surface area contributed by atoms with Gasteiger partial charge < -0.3 is 5.32 Å². The van der Waals surface area contributed by atoms with E-state index in [0.29, 0.717) is 22.7 Å². The van der Waals surface area contributed by atoms with Gasteiger partial charge in [0.1, 0.15) is 0 Å². The highest BCUT2D eigenvalue weighted by Gasteiger charge is 2.44. The Morgan fingerprint density at radius 1 is 1.23 bits per heavy atom. The molecule has 26 heavy (non-hydrogen) atoms. The number of aryl methyl sites for hydroxylation is 2. The quantitative estimate of drug-likeness (QED) is 0.643. The average molecular weight is 351 g/mol. The molecule has 0 unspecified atom stereocenters. The number of carbonyl (C=O) groups is 2. The van der Waals surface area contributed by atoms with E-state index in [-0.39, 0.29) is 11.3 Å². The first kappa shape index (κ1) is 16.7. The van der Waals surface area contributed by atoms with Crippen LogP contribution in [0.3, 0.4) is 0 Å². The van der Waals surface area contributed by atoms with Crippen molar-refractivity contribution in [2.24, 2.45) is 5.41 Å². The number of hydroxylamine groups is 1. The van der Waals surface area contributed by atoms with Gasteiger partial charge >= 0.3 is 0 Å². The van der Waals surface area contributed by atoms with Gasteiger partial charge in [-0.05, 0) is 67.5 Å². The third kappa shape index (κ3) is 2.76. The number of hydrogen-bond acceptors (Lipinski definition) is 4. The molecule has 0 saturated carbocycles. The van der Waals surface area contributed by atoms with Crippen molar-refractivity contribution in [1.29, 1.82) is 0 Å². The third-order valence-corrected chi connectivity index (χ3v) is 5.52. The van der Waals surface area contributed by atoms with E-state index in [1.807, 2.05) is 19.1 Å². The molecule has 4 rings (SSSR count). The molecule has 2 amide bonds. The Balaban J connectivity index is 1.58. The lowest BCUT2D eigenvalue weighted by Gasteiger charge is -2.32. The Kier molecular flexibility index (Phi) is 4.00. The van der Waals surface area contributed by atoms with Crippen molar-refractivity contribution in [2.75, 3.05) is 11.6 Å².